The van der Waals surface area contributed by atoms with Crippen LogP contribution in [0.5, 0.6) is 5.75 Å². The van der Waals surface area contributed by atoms with Crippen molar-refractivity contribution in [3.05, 3.63) is 28.8 Å². The van der Waals surface area contributed by atoms with Crippen molar-refractivity contribution in [3.8, 4) is 5.75 Å². The maximum Gasteiger partial charge on any atom is 0.161 e. The van der Waals surface area contributed by atoms with Crippen LogP contribution in [0, 0.1) is 6.92 Å². The van der Waals surface area contributed by atoms with E-state index in [9.17, 15) is 5.11 Å². The quantitative estimate of drug-likeness (QED) is 0.706. The molecule has 0 radical (unpaired) electrons. The van der Waals surface area contributed by atoms with E-state index >= 15 is 0 Å². The summed E-state index contributed by atoms with van der Waals surface area (Å²) in [5.41, 5.74) is 6.35. The molecule has 0 aliphatic carbocycles. The maximum absolute atomic E-state index is 9.54. The topological polar surface area (TPSA) is 45.0 Å². The van der Waals surface area contributed by atoms with Crippen molar-refractivity contribution < 1.29 is 5.11 Å². The molecule has 80 valence electrons. The molecule has 0 atom stereocenters. The summed E-state index contributed by atoms with van der Waals surface area (Å²) in [5.74, 6) is 1.05. The van der Waals surface area contributed by atoms with Gasteiger partial charge in [0.25, 0.3) is 0 Å². The zero-order valence-corrected chi connectivity index (χ0v) is 9.50. The first-order chi connectivity index (χ1) is 7.58. The number of hydrogen-bond donors (Lipinski definition) is 1. The summed E-state index contributed by atoms with van der Waals surface area (Å²) in [5, 5.41) is 9.54. The number of fused-ring (bicyclic) bond motifs is 3. The zero-order valence-electron chi connectivity index (χ0n) is 9.50. The number of phenols is 1. The average molecular weight is 212 g/mol. The molecular formula is C13H12N2O. The second-order valence-corrected chi connectivity index (χ2v) is 4.29. The molecule has 16 heavy (non-hydrogen) atoms. The molecule has 1 N–H and O–H groups in total. The van der Waals surface area contributed by atoms with Crippen LogP contribution in [-0.4, -0.2) is 16.7 Å². The van der Waals surface area contributed by atoms with Crippen molar-refractivity contribution >= 4 is 22.8 Å². The molecule has 0 saturated carbocycles. The SMILES string of the molecule is CC1=NC2=Nc3cc(O)cc(C)c3C2=C1C. The molecule has 1 aromatic carbocycles. The van der Waals surface area contributed by atoms with Crippen LogP contribution in [0.2, 0.25) is 0 Å². The van der Waals surface area contributed by atoms with Crippen LogP contribution < -0.4 is 0 Å². The minimum atomic E-state index is 0.263. The second-order valence-electron chi connectivity index (χ2n) is 4.29. The van der Waals surface area contributed by atoms with Gasteiger partial charge in [-0.15, -0.1) is 0 Å². The largest absolute Gasteiger partial charge is 0.508 e. The molecule has 0 saturated heterocycles. The van der Waals surface area contributed by atoms with E-state index in [2.05, 4.69) is 16.9 Å². The van der Waals surface area contributed by atoms with Gasteiger partial charge in [-0.1, -0.05) is 0 Å². The molecule has 0 spiro atoms. The lowest BCUT2D eigenvalue weighted by Crippen LogP contribution is -1.93. The Hall–Kier alpha value is -1.90. The standard InChI is InChI=1S/C13H12N2O/c1-6-4-9(16)5-10-11(6)12-7(2)8(3)14-13(12)15-10/h4-5,16H,1-3H3. The Morgan fingerprint density at radius 1 is 1.06 bits per heavy atom. The van der Waals surface area contributed by atoms with Gasteiger partial charge >= 0.3 is 0 Å². The first-order valence-electron chi connectivity index (χ1n) is 5.27. The fourth-order valence-electron chi connectivity index (χ4n) is 2.30. The highest BCUT2D eigenvalue weighted by Crippen LogP contribution is 2.43. The summed E-state index contributed by atoms with van der Waals surface area (Å²) in [4.78, 5) is 8.88. The maximum atomic E-state index is 9.54. The van der Waals surface area contributed by atoms with E-state index in [1.807, 2.05) is 13.8 Å². The van der Waals surface area contributed by atoms with Gasteiger partial charge in [-0.3, -0.25) is 0 Å². The molecule has 0 amide bonds. The summed E-state index contributed by atoms with van der Waals surface area (Å²) in [6, 6.07) is 3.46. The van der Waals surface area contributed by atoms with Crippen molar-refractivity contribution in [2.24, 2.45) is 9.98 Å². The van der Waals surface area contributed by atoms with E-state index in [-0.39, 0.29) is 5.75 Å². The number of aromatic hydroxyl groups is 1. The number of allylic oxidation sites excluding steroid dienone is 1. The number of nitrogens with zero attached hydrogens (tertiary/aromatic N) is 2. The van der Waals surface area contributed by atoms with Crippen molar-refractivity contribution in [1.29, 1.82) is 0 Å². The molecule has 0 unspecified atom stereocenters. The van der Waals surface area contributed by atoms with Gasteiger partial charge in [0, 0.05) is 22.9 Å². The monoisotopic (exact) mass is 212 g/mol. The Kier molecular flexibility index (Phi) is 1.64. The highest BCUT2D eigenvalue weighted by molar-refractivity contribution is 6.40. The molecule has 3 rings (SSSR count). The van der Waals surface area contributed by atoms with E-state index < -0.39 is 0 Å². The fourth-order valence-corrected chi connectivity index (χ4v) is 2.30. The molecular weight excluding hydrogens is 200 g/mol. The lowest BCUT2D eigenvalue weighted by Gasteiger charge is -2.06. The Morgan fingerprint density at radius 2 is 1.81 bits per heavy atom. The van der Waals surface area contributed by atoms with Crippen molar-refractivity contribution in [2.45, 2.75) is 20.8 Å². The van der Waals surface area contributed by atoms with E-state index in [1.165, 1.54) is 5.57 Å². The highest BCUT2D eigenvalue weighted by atomic mass is 16.3. The van der Waals surface area contributed by atoms with E-state index in [0.717, 1.165) is 33.9 Å². The lowest BCUT2D eigenvalue weighted by molar-refractivity contribution is 0.475. The zero-order chi connectivity index (χ0) is 11.4. The summed E-state index contributed by atoms with van der Waals surface area (Å²) in [6.45, 7) is 6.06. The first kappa shape index (κ1) is 9.33. The van der Waals surface area contributed by atoms with Crippen LogP contribution in [0.1, 0.15) is 25.0 Å². The summed E-state index contributed by atoms with van der Waals surface area (Å²) in [6.07, 6.45) is 0. The molecule has 3 nitrogen and oxygen atoms in total. The molecule has 3 heteroatoms. The van der Waals surface area contributed by atoms with E-state index in [0.29, 0.717) is 0 Å². The third-order valence-corrected chi connectivity index (χ3v) is 3.19. The van der Waals surface area contributed by atoms with Crippen LogP contribution in [-0.2, 0) is 0 Å². The van der Waals surface area contributed by atoms with Crippen LogP contribution in [0.15, 0.2) is 27.7 Å². The molecule has 0 bridgehead atoms. The normalized spacial score (nSPS) is 17.2. The Balaban J connectivity index is 2.34. The molecule has 0 fully saturated rings. The fraction of sp³-hybridized carbons (Fsp3) is 0.231. The van der Waals surface area contributed by atoms with Crippen molar-refractivity contribution in [2.75, 3.05) is 0 Å². The number of aryl methyl sites for hydroxylation is 1. The summed E-state index contributed by atoms with van der Waals surface area (Å²) >= 11 is 0. The third kappa shape index (κ3) is 1.03. The van der Waals surface area contributed by atoms with Gasteiger partial charge in [0.15, 0.2) is 5.84 Å². The number of benzene rings is 1. The first-order valence-corrected chi connectivity index (χ1v) is 5.27. The smallest absolute Gasteiger partial charge is 0.161 e. The Morgan fingerprint density at radius 3 is 2.56 bits per heavy atom. The minimum Gasteiger partial charge on any atom is -0.508 e. The van der Waals surface area contributed by atoms with E-state index in [1.54, 1.807) is 12.1 Å². The lowest BCUT2D eigenvalue weighted by atomic mass is 9.96. The van der Waals surface area contributed by atoms with Gasteiger partial charge in [0.2, 0.25) is 0 Å². The van der Waals surface area contributed by atoms with Gasteiger partial charge in [-0.2, -0.15) is 0 Å². The average Bonchev–Trinajstić information content (AvgIpc) is 2.65. The van der Waals surface area contributed by atoms with Gasteiger partial charge < -0.3 is 5.11 Å². The highest BCUT2D eigenvalue weighted by Gasteiger charge is 2.29. The summed E-state index contributed by atoms with van der Waals surface area (Å²) < 4.78 is 0. The second kappa shape index (κ2) is 2.82. The number of amidine groups is 1. The van der Waals surface area contributed by atoms with Crippen molar-refractivity contribution in [3.63, 3.8) is 0 Å². The number of aliphatic imine (C=N–C) groups is 2. The molecule has 2 aliphatic heterocycles. The van der Waals surface area contributed by atoms with E-state index in [4.69, 9.17) is 0 Å². The number of hydrogen-bond acceptors (Lipinski definition) is 3. The predicted molar refractivity (Wildman–Crippen MR) is 65.6 cm³/mol. The number of rotatable bonds is 0. The molecule has 1 aromatic rings. The van der Waals surface area contributed by atoms with Crippen molar-refractivity contribution in [1.82, 2.24) is 0 Å². The number of phenolic OH excluding ortho intramolecular Hbond substituents is 1. The van der Waals surface area contributed by atoms with Gasteiger partial charge in [0.05, 0.1) is 5.69 Å². The van der Waals surface area contributed by atoms with Crippen LogP contribution >= 0.6 is 0 Å². The molecule has 0 aromatic heterocycles. The Labute approximate surface area is 93.9 Å². The molecule has 2 aliphatic rings. The van der Waals surface area contributed by atoms with Crippen LogP contribution in [0.4, 0.5) is 5.69 Å². The van der Waals surface area contributed by atoms with Crippen LogP contribution in [0.25, 0.3) is 5.57 Å². The Bertz CT molecular complexity index is 607. The predicted octanol–water partition coefficient (Wildman–Crippen LogP) is 2.99. The van der Waals surface area contributed by atoms with Crippen LogP contribution in [0.3, 0.4) is 0 Å². The minimum absolute atomic E-state index is 0.263. The van der Waals surface area contributed by atoms with Gasteiger partial charge in [-0.25, -0.2) is 9.98 Å². The summed E-state index contributed by atoms with van der Waals surface area (Å²) in [7, 11) is 0. The van der Waals surface area contributed by atoms with Gasteiger partial charge in [-0.05, 0) is 38.0 Å². The third-order valence-electron chi connectivity index (χ3n) is 3.19. The van der Waals surface area contributed by atoms with Gasteiger partial charge in [0.1, 0.15) is 5.75 Å². The molecule has 2 heterocycles.